The lowest BCUT2D eigenvalue weighted by atomic mass is 9.87. The molecule has 0 atom stereocenters. The van der Waals surface area contributed by atoms with E-state index < -0.39 is 5.78 Å². The normalized spacial score (nSPS) is 16.3. The summed E-state index contributed by atoms with van der Waals surface area (Å²) in [5, 5.41) is 0. The van der Waals surface area contributed by atoms with Gasteiger partial charge < -0.3 is 4.74 Å². The lowest BCUT2D eigenvalue weighted by Crippen LogP contribution is -2.24. The first kappa shape index (κ1) is 36.8. The summed E-state index contributed by atoms with van der Waals surface area (Å²) < 4.78 is 5.07. The van der Waals surface area contributed by atoms with Crippen molar-refractivity contribution < 1.29 is 19.1 Å². The maximum Gasteiger partial charge on any atom is 0.225 e. The summed E-state index contributed by atoms with van der Waals surface area (Å²) in [5.74, 6) is -0.956. The second-order valence-corrected chi connectivity index (χ2v) is 11.5. The molecule has 0 aromatic heterocycles. The van der Waals surface area contributed by atoms with Crippen molar-refractivity contribution in [3.63, 3.8) is 0 Å². The maximum atomic E-state index is 12.7. The summed E-state index contributed by atoms with van der Waals surface area (Å²) >= 11 is 0. The minimum atomic E-state index is -0.429. The Morgan fingerprint density at radius 2 is 1.05 bits per heavy atom. The zero-order chi connectivity index (χ0) is 31.5. The largest absolute Gasteiger partial charge is 0.492 e. The van der Waals surface area contributed by atoms with Gasteiger partial charge in [0.1, 0.15) is 5.57 Å². The van der Waals surface area contributed by atoms with Crippen LogP contribution in [0, 0.1) is 0 Å². The summed E-state index contributed by atoms with van der Waals surface area (Å²) in [7, 11) is 1.31. The van der Waals surface area contributed by atoms with E-state index in [0.29, 0.717) is 23.9 Å². The lowest BCUT2D eigenvalue weighted by Gasteiger charge is -2.18. The number of hydrogen-bond donors (Lipinski definition) is 0. The van der Waals surface area contributed by atoms with Crippen LogP contribution in [0.15, 0.2) is 92.9 Å². The van der Waals surface area contributed by atoms with Gasteiger partial charge in [-0.15, -0.1) is 0 Å². The number of allylic oxidation sites excluding steroid dienone is 15. The van der Waals surface area contributed by atoms with Gasteiger partial charge in [-0.25, -0.2) is 0 Å². The summed E-state index contributed by atoms with van der Waals surface area (Å²) in [6.07, 6.45) is 27.3. The number of Topliss-reactive ketones (excluding diaryl/α,β-unsaturated/α-hetero) is 2. The number of hydrogen-bond acceptors (Lipinski definition) is 4. The second-order valence-electron chi connectivity index (χ2n) is 11.5. The van der Waals surface area contributed by atoms with E-state index >= 15 is 0 Å². The number of ketones is 2. The van der Waals surface area contributed by atoms with Crippen molar-refractivity contribution in [1.82, 2.24) is 0 Å². The third kappa shape index (κ3) is 13.6. The minimum Gasteiger partial charge on any atom is -0.492 e. The second kappa shape index (κ2) is 20.6. The van der Waals surface area contributed by atoms with Crippen molar-refractivity contribution in [3.8, 4) is 0 Å². The van der Waals surface area contributed by atoms with Gasteiger partial charge in [0.25, 0.3) is 0 Å². The number of carbonyl (C=O) groups excluding carboxylic acids is 3. The smallest absolute Gasteiger partial charge is 0.225 e. The first-order valence-corrected chi connectivity index (χ1v) is 15.5. The van der Waals surface area contributed by atoms with Crippen LogP contribution in [0.4, 0.5) is 0 Å². The molecule has 1 aliphatic rings. The fraction of sp³-hybridized carbons (Fsp3) is 0.500. The van der Waals surface area contributed by atoms with Gasteiger partial charge in [-0.3, -0.25) is 14.4 Å². The monoisotopic (exact) mass is 574 g/mol. The molecule has 0 bridgehead atoms. The van der Waals surface area contributed by atoms with Crippen molar-refractivity contribution in [2.75, 3.05) is 7.11 Å². The molecule has 0 saturated heterocycles. The first-order valence-electron chi connectivity index (χ1n) is 15.5. The van der Waals surface area contributed by atoms with Crippen molar-refractivity contribution in [3.05, 3.63) is 92.9 Å². The summed E-state index contributed by atoms with van der Waals surface area (Å²) in [5.41, 5.74) is 7.52. The standard InChI is InChI=1S/C38H54O4/c1-9-10-11-16-28(2)17-12-18-29(3)19-13-20-30(4)21-14-22-31(5)23-15-24-32(6)25-26-34-33(7)36(40)35(27-39)38(42-8)37(34)41/h9-10,17,19,21,23,25,27H,11-16,18,20,22,24,26H2,1-8H3/b10-9-,28-17+,29-19+,30-21+,31-23+,32-25+. The molecular weight excluding hydrogens is 520 g/mol. The van der Waals surface area contributed by atoms with Gasteiger partial charge in [-0.05, 0) is 119 Å². The van der Waals surface area contributed by atoms with Gasteiger partial charge in [0.15, 0.2) is 17.8 Å². The van der Waals surface area contributed by atoms with Gasteiger partial charge in [0.05, 0.1) is 7.11 Å². The Balaban J connectivity index is 2.42. The van der Waals surface area contributed by atoms with E-state index in [0.717, 1.165) is 64.2 Å². The van der Waals surface area contributed by atoms with Crippen LogP contribution >= 0.6 is 0 Å². The van der Waals surface area contributed by atoms with Crippen LogP contribution in [-0.2, 0) is 19.1 Å². The number of methoxy groups -OCH3 is 1. The zero-order valence-electron chi connectivity index (χ0n) is 27.5. The quantitative estimate of drug-likeness (QED) is 0.0666. The topological polar surface area (TPSA) is 60.4 Å². The predicted molar refractivity (Wildman–Crippen MR) is 177 cm³/mol. The van der Waals surface area contributed by atoms with Crippen LogP contribution in [0.5, 0.6) is 0 Å². The highest BCUT2D eigenvalue weighted by Gasteiger charge is 2.32. The number of aldehydes is 1. The lowest BCUT2D eigenvalue weighted by molar-refractivity contribution is -0.120. The Hall–Kier alpha value is -3.27. The molecule has 1 rings (SSSR count). The van der Waals surface area contributed by atoms with Crippen LogP contribution in [0.2, 0.25) is 0 Å². The Morgan fingerprint density at radius 3 is 1.43 bits per heavy atom. The van der Waals surface area contributed by atoms with Crippen LogP contribution in [0.25, 0.3) is 0 Å². The highest BCUT2D eigenvalue weighted by molar-refractivity contribution is 6.31. The molecule has 0 spiro atoms. The Bertz CT molecular complexity index is 1190. The Kier molecular flexibility index (Phi) is 18.0. The molecule has 4 nitrogen and oxygen atoms in total. The number of ether oxygens (including phenoxy) is 1. The van der Waals surface area contributed by atoms with E-state index in [4.69, 9.17) is 4.74 Å². The molecule has 1 aliphatic carbocycles. The average Bonchev–Trinajstić information content (AvgIpc) is 2.94. The molecule has 0 unspecified atom stereocenters. The van der Waals surface area contributed by atoms with Gasteiger partial charge in [-0.1, -0.05) is 70.4 Å². The number of rotatable bonds is 19. The van der Waals surface area contributed by atoms with Crippen molar-refractivity contribution in [1.29, 1.82) is 0 Å². The SMILES string of the molecule is C/C=C\CC/C(C)=C/CC/C(C)=C/CC/C(C)=C/CC/C(C)=C/CC/C(C)=C/CC1=C(C)C(=O)C(C=O)=C(OC)C1=O. The molecule has 0 heterocycles. The molecule has 0 aromatic carbocycles. The van der Waals surface area contributed by atoms with Crippen LogP contribution < -0.4 is 0 Å². The predicted octanol–water partition coefficient (Wildman–Crippen LogP) is 10.2. The maximum absolute atomic E-state index is 12.7. The molecule has 230 valence electrons. The van der Waals surface area contributed by atoms with Crippen molar-refractivity contribution in [2.24, 2.45) is 0 Å². The fourth-order valence-electron chi connectivity index (χ4n) is 4.88. The van der Waals surface area contributed by atoms with Gasteiger partial charge in [-0.2, -0.15) is 0 Å². The highest BCUT2D eigenvalue weighted by Crippen LogP contribution is 2.27. The first-order chi connectivity index (χ1) is 20.0. The van der Waals surface area contributed by atoms with E-state index in [-0.39, 0.29) is 17.1 Å². The molecular formula is C38H54O4. The molecule has 0 fully saturated rings. The third-order valence-electron chi connectivity index (χ3n) is 7.81. The molecule has 0 aliphatic heterocycles. The summed E-state index contributed by atoms with van der Waals surface area (Å²) in [6.45, 7) is 14.6. The van der Waals surface area contributed by atoms with Gasteiger partial charge in [0, 0.05) is 11.1 Å². The van der Waals surface area contributed by atoms with Crippen LogP contribution in [0.1, 0.15) is 119 Å². The molecule has 42 heavy (non-hydrogen) atoms. The fourth-order valence-corrected chi connectivity index (χ4v) is 4.88. The van der Waals surface area contributed by atoms with E-state index in [1.54, 1.807) is 6.92 Å². The van der Waals surface area contributed by atoms with Gasteiger partial charge in [0.2, 0.25) is 5.78 Å². The molecule has 0 saturated carbocycles. The van der Waals surface area contributed by atoms with E-state index in [1.165, 1.54) is 35.0 Å². The molecule has 0 aromatic rings. The number of carbonyl (C=O) groups is 3. The third-order valence-corrected chi connectivity index (χ3v) is 7.81. The van der Waals surface area contributed by atoms with Crippen LogP contribution in [0.3, 0.4) is 0 Å². The molecule has 4 heteroatoms. The molecule has 0 N–H and O–H groups in total. The van der Waals surface area contributed by atoms with E-state index in [1.807, 2.05) is 13.0 Å². The van der Waals surface area contributed by atoms with Gasteiger partial charge >= 0.3 is 0 Å². The minimum absolute atomic E-state index is 0.152. The highest BCUT2D eigenvalue weighted by atomic mass is 16.5. The van der Waals surface area contributed by atoms with Crippen molar-refractivity contribution >= 4 is 17.9 Å². The van der Waals surface area contributed by atoms with Crippen LogP contribution in [-0.4, -0.2) is 25.0 Å². The molecule has 0 amide bonds. The Labute approximate surface area is 255 Å². The average molecular weight is 575 g/mol. The summed E-state index contributed by atoms with van der Waals surface area (Å²) in [6, 6.07) is 0. The van der Waals surface area contributed by atoms with E-state index in [9.17, 15) is 14.4 Å². The Morgan fingerprint density at radius 1 is 0.643 bits per heavy atom. The van der Waals surface area contributed by atoms with Crippen molar-refractivity contribution in [2.45, 2.75) is 119 Å². The zero-order valence-corrected chi connectivity index (χ0v) is 27.5. The summed E-state index contributed by atoms with van der Waals surface area (Å²) in [4.78, 5) is 36.4. The molecule has 0 radical (unpaired) electrons. The van der Waals surface area contributed by atoms with E-state index in [2.05, 4.69) is 71.1 Å².